The maximum atomic E-state index is 12.5. The molecule has 1 unspecified atom stereocenters. The second kappa shape index (κ2) is 11.3. The Labute approximate surface area is 205 Å². The molecule has 0 aliphatic heterocycles. The lowest BCUT2D eigenvalue weighted by atomic mass is 9.84. The van der Waals surface area contributed by atoms with Gasteiger partial charge in [0.05, 0.1) is 5.69 Å². The number of hydrogen-bond acceptors (Lipinski definition) is 4. The number of nitrogens with zero attached hydrogens (tertiary/aromatic N) is 1. The SMILES string of the molecule is CB(C)SN(C)Nc1cccc(C)c1C=N.CCCC(CC)c1ccc(S(F)(F)(F)(F)F)cc1. The summed E-state index contributed by atoms with van der Waals surface area (Å²) < 4.78 is 64.5. The van der Waals surface area contributed by atoms with Crippen molar-refractivity contribution in [2.75, 3.05) is 12.5 Å². The van der Waals surface area contributed by atoms with Gasteiger partial charge < -0.3 is 10.8 Å². The van der Waals surface area contributed by atoms with Gasteiger partial charge in [-0.3, -0.25) is 0 Å². The van der Waals surface area contributed by atoms with E-state index in [0.717, 1.165) is 48.2 Å². The monoisotopic (exact) mass is 523 g/mol. The number of rotatable bonds is 10. The first-order valence-electron chi connectivity index (χ1n) is 11.1. The molecule has 2 aromatic rings. The van der Waals surface area contributed by atoms with Crippen LogP contribution in [0.15, 0.2) is 47.4 Å². The first-order chi connectivity index (χ1) is 15.5. The van der Waals surface area contributed by atoms with Crippen molar-refractivity contribution in [3.8, 4) is 0 Å². The van der Waals surface area contributed by atoms with Gasteiger partial charge in [0.25, 0.3) is 0 Å². The number of nitrogens with one attached hydrogen (secondary N) is 2. The van der Waals surface area contributed by atoms with Crippen molar-refractivity contribution in [2.45, 2.75) is 64.5 Å². The second-order valence-corrected chi connectivity index (χ2v) is 12.5. The Bertz CT molecular complexity index is 939. The molecule has 192 valence electrons. The molecule has 11 heteroatoms. The first-order valence-corrected chi connectivity index (χ1v) is 13.9. The van der Waals surface area contributed by atoms with Crippen LogP contribution in [0.1, 0.15) is 55.7 Å². The van der Waals surface area contributed by atoms with Gasteiger partial charge in [0.2, 0.25) is 5.99 Å². The highest BCUT2D eigenvalue weighted by atomic mass is 32.5. The normalized spacial score (nSPS) is 14.4. The summed E-state index contributed by atoms with van der Waals surface area (Å²) in [5, 5.41) is 7.42. The predicted molar refractivity (Wildman–Crippen MR) is 141 cm³/mol. The van der Waals surface area contributed by atoms with Crippen LogP contribution >= 0.6 is 22.0 Å². The van der Waals surface area contributed by atoms with E-state index in [4.69, 9.17) is 5.41 Å². The molecule has 0 saturated carbocycles. The van der Waals surface area contributed by atoms with Crippen molar-refractivity contribution >= 4 is 39.9 Å². The summed E-state index contributed by atoms with van der Waals surface area (Å²) in [6.45, 7) is 10.2. The van der Waals surface area contributed by atoms with E-state index in [1.54, 1.807) is 11.8 Å². The van der Waals surface area contributed by atoms with Gasteiger partial charge >= 0.3 is 10.2 Å². The van der Waals surface area contributed by atoms with Crippen LogP contribution in [0.4, 0.5) is 25.1 Å². The smallest absolute Gasteiger partial charge is 0.310 e. The molecule has 0 amide bonds. The summed E-state index contributed by atoms with van der Waals surface area (Å²) in [4.78, 5) is -1.81. The van der Waals surface area contributed by atoms with Crippen LogP contribution in [0.3, 0.4) is 0 Å². The summed E-state index contributed by atoms with van der Waals surface area (Å²) in [5.41, 5.74) is 7.00. The highest BCUT2D eigenvalue weighted by molar-refractivity contribution is 8.45. The van der Waals surface area contributed by atoms with Crippen molar-refractivity contribution in [1.82, 2.24) is 4.41 Å². The average Bonchev–Trinajstić information content (AvgIpc) is 2.70. The van der Waals surface area contributed by atoms with Crippen molar-refractivity contribution in [3.63, 3.8) is 0 Å². The number of aryl methyl sites for hydroxylation is 1. The molecule has 0 aliphatic rings. The number of anilines is 1. The highest BCUT2D eigenvalue weighted by Crippen LogP contribution is 3.02. The molecule has 0 aliphatic carbocycles. The Morgan fingerprint density at radius 2 is 1.65 bits per heavy atom. The summed E-state index contributed by atoms with van der Waals surface area (Å²) in [5.74, 6) is 0.660. The van der Waals surface area contributed by atoms with E-state index < -0.39 is 15.1 Å². The molecular formula is C23H35BF5N3S2. The fraction of sp³-hybridized carbons (Fsp3) is 0.435. The van der Waals surface area contributed by atoms with E-state index in [-0.39, 0.29) is 5.92 Å². The van der Waals surface area contributed by atoms with Crippen LogP contribution < -0.4 is 5.43 Å². The summed E-state index contributed by atoms with van der Waals surface area (Å²) in [6, 6.07) is 9.32. The Morgan fingerprint density at radius 3 is 2.09 bits per heavy atom. The number of halogens is 5. The van der Waals surface area contributed by atoms with Gasteiger partial charge in [-0.2, -0.15) is 4.41 Å². The molecule has 1 atom stereocenters. The maximum Gasteiger partial charge on any atom is 0.310 e. The molecule has 2 aromatic carbocycles. The van der Waals surface area contributed by atoms with E-state index in [2.05, 4.69) is 19.1 Å². The zero-order chi connectivity index (χ0) is 26.2. The number of hydrogen-bond donors (Lipinski definition) is 2. The van der Waals surface area contributed by atoms with Gasteiger partial charge in [-0.25, -0.2) is 0 Å². The number of benzene rings is 2. The van der Waals surface area contributed by atoms with Crippen LogP contribution in [0, 0.1) is 12.3 Å². The maximum absolute atomic E-state index is 12.5. The minimum absolute atomic E-state index is 0.127. The van der Waals surface area contributed by atoms with E-state index >= 15 is 0 Å². The Kier molecular flexibility index (Phi) is 10.1. The molecule has 0 saturated heterocycles. The molecule has 34 heavy (non-hydrogen) atoms. The third-order valence-corrected chi connectivity index (χ3v) is 7.03. The van der Waals surface area contributed by atoms with Crippen molar-refractivity contribution in [1.29, 1.82) is 5.41 Å². The molecule has 2 rings (SSSR count). The third kappa shape index (κ3) is 9.87. The Morgan fingerprint density at radius 1 is 1.06 bits per heavy atom. The molecule has 0 aromatic heterocycles. The summed E-state index contributed by atoms with van der Waals surface area (Å²) in [6.07, 6.45) is 3.92. The largest absolute Gasteiger partial charge is 0.310 e. The molecule has 0 heterocycles. The molecular weight excluding hydrogens is 488 g/mol. The molecule has 0 spiro atoms. The second-order valence-electron chi connectivity index (χ2n) is 8.38. The zero-order valence-electron chi connectivity index (χ0n) is 20.5. The summed E-state index contributed by atoms with van der Waals surface area (Å²) in [7, 11) is -7.54. The van der Waals surface area contributed by atoms with Crippen LogP contribution in [0.2, 0.25) is 13.6 Å². The van der Waals surface area contributed by atoms with Gasteiger partial charge in [-0.15, -0.1) is 11.8 Å². The average molecular weight is 523 g/mol. The fourth-order valence-corrected chi connectivity index (χ4v) is 4.87. The van der Waals surface area contributed by atoms with Crippen LogP contribution in [0.5, 0.6) is 0 Å². The van der Waals surface area contributed by atoms with E-state index in [9.17, 15) is 19.4 Å². The van der Waals surface area contributed by atoms with Crippen LogP contribution in [-0.2, 0) is 0 Å². The van der Waals surface area contributed by atoms with Gasteiger partial charge in [-0.05, 0) is 55.0 Å². The van der Waals surface area contributed by atoms with Gasteiger partial charge in [0.15, 0.2) is 0 Å². The van der Waals surface area contributed by atoms with E-state index in [1.165, 1.54) is 6.21 Å². The third-order valence-electron chi connectivity index (χ3n) is 5.04. The van der Waals surface area contributed by atoms with Gasteiger partial charge in [0, 0.05) is 18.8 Å². The van der Waals surface area contributed by atoms with Crippen LogP contribution in [0.25, 0.3) is 0 Å². The van der Waals surface area contributed by atoms with Crippen molar-refractivity contribution < 1.29 is 19.4 Å². The highest BCUT2D eigenvalue weighted by Gasteiger charge is 2.65. The Hall–Kier alpha value is -1.72. The summed E-state index contributed by atoms with van der Waals surface area (Å²) >= 11 is 1.72. The molecule has 0 bridgehead atoms. The van der Waals surface area contributed by atoms with Gasteiger partial charge in [0.1, 0.15) is 4.90 Å². The number of hydrazine groups is 1. The lowest BCUT2D eigenvalue weighted by Crippen LogP contribution is -2.22. The minimum Gasteiger partial charge on any atom is -0.310 e. The zero-order valence-corrected chi connectivity index (χ0v) is 22.2. The lowest BCUT2D eigenvalue weighted by Gasteiger charge is -2.40. The topological polar surface area (TPSA) is 39.1 Å². The molecule has 0 fully saturated rings. The Balaban J connectivity index is 0.000000342. The van der Waals surface area contributed by atoms with Crippen LogP contribution in [-0.4, -0.2) is 23.7 Å². The van der Waals surface area contributed by atoms with E-state index in [0.29, 0.717) is 23.7 Å². The predicted octanol–water partition coefficient (Wildman–Crippen LogP) is 9.79. The quantitative estimate of drug-likeness (QED) is 0.107. The standard InChI is InChI=1S/C12H17F5S.C11H18BN3S/c1-3-5-10(4-2)11-6-8-12(9-7-11)18(13,14,15,16)17;1-9-6-5-7-11(10(9)8-13)14-15(4)16-12(2)3/h6-10H,3-5H2,1-2H3;5-8,13-14H,1-4H3. The molecule has 3 nitrogen and oxygen atoms in total. The fourth-order valence-electron chi connectivity index (χ4n) is 3.43. The van der Waals surface area contributed by atoms with E-state index in [1.807, 2.05) is 50.4 Å². The lowest BCUT2D eigenvalue weighted by molar-refractivity contribution is 0.364. The van der Waals surface area contributed by atoms with Crippen molar-refractivity contribution in [3.05, 3.63) is 59.2 Å². The van der Waals surface area contributed by atoms with Gasteiger partial charge in [-0.1, -0.05) is 77.6 Å². The molecule has 0 radical (unpaired) electrons. The first kappa shape index (κ1) is 30.3. The molecule has 2 N–H and O–H groups in total. The minimum atomic E-state index is -9.52. The van der Waals surface area contributed by atoms with Crippen molar-refractivity contribution in [2.24, 2.45) is 0 Å².